The molecule has 0 bridgehead atoms. The maximum Gasteiger partial charge on any atom is 0.322 e. The number of nitrogens with zero attached hydrogens (tertiary/aromatic N) is 3. The van der Waals surface area contributed by atoms with E-state index >= 15 is 0 Å². The van der Waals surface area contributed by atoms with Gasteiger partial charge in [-0.15, -0.1) is 0 Å². The number of methoxy groups -OCH3 is 2. The fourth-order valence-electron chi connectivity index (χ4n) is 3.46. The van der Waals surface area contributed by atoms with Crippen LogP contribution in [0.1, 0.15) is 5.56 Å². The first-order chi connectivity index (χ1) is 15.5. The third-order valence-electron chi connectivity index (χ3n) is 5.28. The van der Waals surface area contributed by atoms with Crippen LogP contribution >= 0.6 is 0 Å². The molecule has 0 saturated carbocycles. The number of urea groups is 1. The number of nitro benzene ring substituents is 1. The fourth-order valence-corrected chi connectivity index (χ4v) is 3.46. The molecular formula is C22H28N4O6. The van der Waals surface area contributed by atoms with E-state index in [1.807, 2.05) is 0 Å². The van der Waals surface area contributed by atoms with Gasteiger partial charge in [0, 0.05) is 43.9 Å². The molecule has 0 aromatic heterocycles. The van der Waals surface area contributed by atoms with Crippen molar-refractivity contribution in [1.82, 2.24) is 9.80 Å². The van der Waals surface area contributed by atoms with E-state index in [1.54, 1.807) is 48.4 Å². The van der Waals surface area contributed by atoms with Gasteiger partial charge in [0.25, 0.3) is 5.69 Å². The highest BCUT2D eigenvalue weighted by molar-refractivity contribution is 5.91. The van der Waals surface area contributed by atoms with Crippen molar-refractivity contribution in [2.75, 3.05) is 58.9 Å². The van der Waals surface area contributed by atoms with Gasteiger partial charge in [-0.2, -0.15) is 0 Å². The Kier molecular flexibility index (Phi) is 8.23. The summed E-state index contributed by atoms with van der Waals surface area (Å²) >= 11 is 0. The van der Waals surface area contributed by atoms with Crippen LogP contribution in [-0.2, 0) is 11.3 Å². The normalized spacial score (nSPS) is 13.9. The lowest BCUT2D eigenvalue weighted by molar-refractivity contribution is -0.385. The van der Waals surface area contributed by atoms with Gasteiger partial charge in [-0.3, -0.25) is 15.0 Å². The zero-order chi connectivity index (χ0) is 22.9. The second-order valence-corrected chi connectivity index (χ2v) is 7.26. The molecule has 2 aromatic rings. The Morgan fingerprint density at radius 2 is 1.94 bits per heavy atom. The fraction of sp³-hybridized carbons (Fsp3) is 0.409. The van der Waals surface area contributed by atoms with Crippen LogP contribution in [0.5, 0.6) is 11.5 Å². The smallest absolute Gasteiger partial charge is 0.322 e. The maximum absolute atomic E-state index is 13.2. The minimum absolute atomic E-state index is 0.0151. The van der Waals surface area contributed by atoms with E-state index in [1.165, 1.54) is 13.2 Å². The summed E-state index contributed by atoms with van der Waals surface area (Å²) < 4.78 is 16.0. The molecule has 2 amide bonds. The standard InChI is InChI=1S/C22H28N4O6/c1-30-18-7-8-19(21(15-18)31-2)23-22(27)25(10-9-24-11-13-32-14-12-24)16-17-5-3-4-6-20(17)26(28)29/h3-8,15H,9-14,16H2,1-2H3,(H,23,27). The van der Waals surface area contributed by atoms with E-state index in [2.05, 4.69) is 10.2 Å². The monoisotopic (exact) mass is 444 g/mol. The minimum Gasteiger partial charge on any atom is -0.497 e. The zero-order valence-corrected chi connectivity index (χ0v) is 18.3. The number of ether oxygens (including phenoxy) is 3. The number of para-hydroxylation sites is 1. The Morgan fingerprint density at radius 3 is 2.62 bits per heavy atom. The van der Waals surface area contributed by atoms with Crippen molar-refractivity contribution in [1.29, 1.82) is 0 Å². The molecule has 32 heavy (non-hydrogen) atoms. The summed E-state index contributed by atoms with van der Waals surface area (Å²) in [7, 11) is 3.06. The quantitative estimate of drug-likeness (QED) is 0.468. The third kappa shape index (κ3) is 6.08. The first kappa shape index (κ1) is 23.3. The van der Waals surface area contributed by atoms with E-state index in [4.69, 9.17) is 14.2 Å². The van der Waals surface area contributed by atoms with Crippen LogP contribution in [0.25, 0.3) is 0 Å². The van der Waals surface area contributed by atoms with Crippen LogP contribution in [0.15, 0.2) is 42.5 Å². The van der Waals surface area contributed by atoms with E-state index in [0.29, 0.717) is 49.1 Å². The Labute approximate surface area is 186 Å². The van der Waals surface area contributed by atoms with Gasteiger partial charge >= 0.3 is 6.03 Å². The van der Waals surface area contributed by atoms with Crippen molar-refractivity contribution in [3.05, 3.63) is 58.1 Å². The van der Waals surface area contributed by atoms with Crippen LogP contribution < -0.4 is 14.8 Å². The van der Waals surface area contributed by atoms with E-state index in [9.17, 15) is 14.9 Å². The summed E-state index contributed by atoms with van der Waals surface area (Å²) in [6.07, 6.45) is 0. The zero-order valence-electron chi connectivity index (χ0n) is 18.3. The lowest BCUT2D eigenvalue weighted by atomic mass is 10.1. The van der Waals surface area contributed by atoms with Crippen molar-refractivity contribution in [3.8, 4) is 11.5 Å². The second kappa shape index (κ2) is 11.3. The molecule has 1 aliphatic rings. The first-order valence-corrected chi connectivity index (χ1v) is 10.3. The molecule has 1 aliphatic heterocycles. The topological polar surface area (TPSA) is 106 Å². The molecule has 172 valence electrons. The van der Waals surface area contributed by atoms with Gasteiger partial charge in [0.05, 0.1) is 44.6 Å². The number of hydrogen-bond acceptors (Lipinski definition) is 7. The number of carbonyl (C=O) groups is 1. The molecule has 0 unspecified atom stereocenters. The van der Waals surface area contributed by atoms with E-state index in [0.717, 1.165) is 13.1 Å². The van der Waals surface area contributed by atoms with Gasteiger partial charge < -0.3 is 24.4 Å². The number of hydrogen-bond donors (Lipinski definition) is 1. The van der Waals surface area contributed by atoms with Crippen molar-refractivity contribution in [2.45, 2.75) is 6.54 Å². The predicted octanol–water partition coefficient (Wildman–Crippen LogP) is 2.98. The van der Waals surface area contributed by atoms with Gasteiger partial charge in [-0.1, -0.05) is 18.2 Å². The average Bonchev–Trinajstić information content (AvgIpc) is 2.82. The molecule has 0 atom stereocenters. The Bertz CT molecular complexity index is 932. The summed E-state index contributed by atoms with van der Waals surface area (Å²) in [5.74, 6) is 1.06. The van der Waals surface area contributed by atoms with Crippen molar-refractivity contribution >= 4 is 17.4 Å². The SMILES string of the molecule is COc1ccc(NC(=O)N(CCN2CCOCC2)Cc2ccccc2[N+](=O)[O-])c(OC)c1. The van der Waals surface area contributed by atoms with Crippen LogP contribution in [0, 0.1) is 10.1 Å². The summed E-state index contributed by atoms with van der Waals surface area (Å²) in [5.41, 5.74) is 0.937. The molecule has 10 heteroatoms. The molecule has 0 radical (unpaired) electrons. The highest BCUT2D eigenvalue weighted by atomic mass is 16.6. The van der Waals surface area contributed by atoms with Crippen LogP contribution in [0.3, 0.4) is 0 Å². The number of amides is 2. The van der Waals surface area contributed by atoms with Crippen LogP contribution in [0.2, 0.25) is 0 Å². The Hall–Kier alpha value is -3.37. The molecule has 0 aliphatic carbocycles. The summed E-state index contributed by atoms with van der Waals surface area (Å²) in [6.45, 7) is 4.01. The van der Waals surface area contributed by atoms with Crippen LogP contribution in [-0.4, -0.2) is 74.4 Å². The van der Waals surface area contributed by atoms with Gasteiger partial charge in [0.2, 0.25) is 0 Å². The van der Waals surface area contributed by atoms with Gasteiger partial charge in [0.15, 0.2) is 0 Å². The highest BCUT2D eigenvalue weighted by Gasteiger charge is 2.22. The molecular weight excluding hydrogens is 416 g/mol. The lowest BCUT2D eigenvalue weighted by Crippen LogP contribution is -2.44. The molecule has 1 saturated heterocycles. The largest absolute Gasteiger partial charge is 0.497 e. The number of morpholine rings is 1. The highest BCUT2D eigenvalue weighted by Crippen LogP contribution is 2.29. The third-order valence-corrected chi connectivity index (χ3v) is 5.28. The lowest BCUT2D eigenvalue weighted by Gasteiger charge is -2.30. The molecule has 1 heterocycles. The first-order valence-electron chi connectivity index (χ1n) is 10.3. The van der Waals surface area contributed by atoms with Crippen molar-refractivity contribution in [2.24, 2.45) is 0 Å². The minimum atomic E-state index is -0.431. The van der Waals surface area contributed by atoms with Gasteiger partial charge in [-0.25, -0.2) is 4.79 Å². The van der Waals surface area contributed by atoms with Gasteiger partial charge in [-0.05, 0) is 12.1 Å². The second-order valence-electron chi connectivity index (χ2n) is 7.26. The molecule has 3 rings (SSSR count). The number of nitrogens with one attached hydrogen (secondary N) is 1. The van der Waals surface area contributed by atoms with Crippen molar-refractivity contribution < 1.29 is 23.9 Å². The molecule has 1 fully saturated rings. The number of carbonyl (C=O) groups excluding carboxylic acids is 1. The number of rotatable bonds is 9. The summed E-state index contributed by atoms with van der Waals surface area (Å²) in [5, 5.41) is 14.3. The molecule has 0 spiro atoms. The number of anilines is 1. The maximum atomic E-state index is 13.2. The molecule has 2 aromatic carbocycles. The van der Waals surface area contributed by atoms with Crippen molar-refractivity contribution in [3.63, 3.8) is 0 Å². The van der Waals surface area contributed by atoms with Crippen LogP contribution in [0.4, 0.5) is 16.2 Å². The van der Waals surface area contributed by atoms with E-state index < -0.39 is 4.92 Å². The Morgan fingerprint density at radius 1 is 1.19 bits per heavy atom. The average molecular weight is 444 g/mol. The number of benzene rings is 2. The summed E-state index contributed by atoms with van der Waals surface area (Å²) in [4.78, 5) is 28.0. The predicted molar refractivity (Wildman–Crippen MR) is 119 cm³/mol. The number of nitro groups is 1. The summed E-state index contributed by atoms with van der Waals surface area (Å²) in [6, 6.07) is 11.2. The van der Waals surface area contributed by atoms with E-state index in [-0.39, 0.29) is 18.3 Å². The van der Waals surface area contributed by atoms with Gasteiger partial charge in [0.1, 0.15) is 11.5 Å². The Balaban J connectivity index is 1.79. The molecule has 1 N–H and O–H groups in total. The molecule has 10 nitrogen and oxygen atoms in total.